The van der Waals surface area contributed by atoms with E-state index >= 15 is 0 Å². The normalized spacial score (nSPS) is 19.6. The van der Waals surface area contributed by atoms with E-state index in [1.807, 2.05) is 23.9 Å². The number of carbonyl (C=O) groups excluding carboxylic acids is 1. The van der Waals surface area contributed by atoms with Crippen LogP contribution in [0.5, 0.6) is 0 Å². The summed E-state index contributed by atoms with van der Waals surface area (Å²) < 4.78 is 0. The Kier molecular flexibility index (Phi) is 4.70. The molecule has 0 saturated carbocycles. The van der Waals surface area contributed by atoms with Gasteiger partial charge in [0.15, 0.2) is 0 Å². The second-order valence-corrected chi connectivity index (χ2v) is 6.23. The van der Waals surface area contributed by atoms with Crippen molar-refractivity contribution in [2.45, 2.75) is 33.1 Å². The number of carbonyl (C=O) groups is 1. The van der Waals surface area contributed by atoms with Crippen LogP contribution >= 0.6 is 11.8 Å². The van der Waals surface area contributed by atoms with Gasteiger partial charge in [-0.3, -0.25) is 4.79 Å². The zero-order valence-electron chi connectivity index (χ0n) is 11.2. The summed E-state index contributed by atoms with van der Waals surface area (Å²) in [5, 5.41) is 3.05. The lowest BCUT2D eigenvalue weighted by Gasteiger charge is -2.21. The summed E-state index contributed by atoms with van der Waals surface area (Å²) in [5.41, 5.74) is 3.35. The Morgan fingerprint density at radius 1 is 1.44 bits per heavy atom. The van der Waals surface area contributed by atoms with Crippen molar-refractivity contribution < 1.29 is 4.79 Å². The lowest BCUT2D eigenvalue weighted by molar-refractivity contribution is -0.117. The van der Waals surface area contributed by atoms with Gasteiger partial charge < -0.3 is 5.32 Å². The monoisotopic (exact) mass is 263 g/mol. The lowest BCUT2D eigenvalue weighted by atomic mass is 10.0. The molecule has 0 radical (unpaired) electrons. The molecule has 98 valence electrons. The SMILES string of the molecule is Cc1cccc(NC(=O)CC2CCCSC2)c1C. The zero-order valence-corrected chi connectivity index (χ0v) is 12.0. The Labute approximate surface area is 114 Å². The number of rotatable bonds is 3. The Morgan fingerprint density at radius 2 is 2.28 bits per heavy atom. The molecule has 1 amide bonds. The highest BCUT2D eigenvalue weighted by molar-refractivity contribution is 7.99. The fourth-order valence-corrected chi connectivity index (χ4v) is 3.47. The molecule has 1 aliphatic rings. The van der Waals surface area contributed by atoms with Crippen LogP contribution in [0.3, 0.4) is 0 Å². The van der Waals surface area contributed by atoms with Gasteiger partial charge in [0, 0.05) is 12.1 Å². The second-order valence-electron chi connectivity index (χ2n) is 5.08. The molecular weight excluding hydrogens is 242 g/mol. The molecule has 3 heteroatoms. The van der Waals surface area contributed by atoms with E-state index in [2.05, 4.69) is 25.2 Å². The maximum absolute atomic E-state index is 12.0. The number of thioether (sulfide) groups is 1. The molecule has 1 saturated heterocycles. The third-order valence-corrected chi connectivity index (χ3v) is 4.89. The van der Waals surface area contributed by atoms with E-state index in [1.54, 1.807) is 0 Å². The molecule has 1 heterocycles. The number of anilines is 1. The van der Waals surface area contributed by atoms with Gasteiger partial charge in [-0.15, -0.1) is 0 Å². The van der Waals surface area contributed by atoms with Gasteiger partial charge in [0.2, 0.25) is 5.91 Å². The highest BCUT2D eigenvalue weighted by Crippen LogP contribution is 2.26. The Bertz CT molecular complexity index is 425. The van der Waals surface area contributed by atoms with E-state index < -0.39 is 0 Å². The van der Waals surface area contributed by atoms with Crippen molar-refractivity contribution >= 4 is 23.4 Å². The minimum Gasteiger partial charge on any atom is -0.326 e. The predicted molar refractivity (Wildman–Crippen MR) is 79.2 cm³/mol. The summed E-state index contributed by atoms with van der Waals surface area (Å²) in [6.45, 7) is 4.13. The number of hydrogen-bond acceptors (Lipinski definition) is 2. The summed E-state index contributed by atoms with van der Waals surface area (Å²) in [6, 6.07) is 6.05. The molecule has 1 aromatic carbocycles. The van der Waals surface area contributed by atoms with Crippen LogP contribution in [0.1, 0.15) is 30.4 Å². The molecule has 1 fully saturated rings. The van der Waals surface area contributed by atoms with Gasteiger partial charge in [-0.25, -0.2) is 0 Å². The molecule has 2 rings (SSSR count). The molecule has 1 N–H and O–H groups in total. The first kappa shape index (κ1) is 13.5. The summed E-state index contributed by atoms with van der Waals surface area (Å²) in [6.07, 6.45) is 3.12. The quantitative estimate of drug-likeness (QED) is 0.899. The second kappa shape index (κ2) is 6.28. The van der Waals surface area contributed by atoms with Crippen molar-refractivity contribution in [1.29, 1.82) is 0 Å². The Balaban J connectivity index is 1.92. The smallest absolute Gasteiger partial charge is 0.224 e. The minimum atomic E-state index is 0.163. The fraction of sp³-hybridized carbons (Fsp3) is 0.533. The standard InChI is InChI=1S/C15H21NOS/c1-11-5-3-7-14(12(11)2)16-15(17)9-13-6-4-8-18-10-13/h3,5,7,13H,4,6,8-10H2,1-2H3,(H,16,17). The van der Waals surface area contributed by atoms with E-state index in [4.69, 9.17) is 0 Å². The highest BCUT2D eigenvalue weighted by atomic mass is 32.2. The lowest BCUT2D eigenvalue weighted by Crippen LogP contribution is -2.20. The molecular formula is C15H21NOS. The molecule has 1 aliphatic heterocycles. The van der Waals surface area contributed by atoms with Crippen LogP contribution in [0.25, 0.3) is 0 Å². The molecule has 1 unspecified atom stereocenters. The number of benzene rings is 1. The first-order valence-electron chi connectivity index (χ1n) is 6.60. The average Bonchev–Trinajstić information content (AvgIpc) is 2.36. The van der Waals surface area contributed by atoms with Crippen molar-refractivity contribution in [3.05, 3.63) is 29.3 Å². The van der Waals surface area contributed by atoms with E-state index in [9.17, 15) is 4.79 Å². The Morgan fingerprint density at radius 3 is 3.00 bits per heavy atom. The molecule has 2 nitrogen and oxygen atoms in total. The number of aryl methyl sites for hydroxylation is 1. The maximum Gasteiger partial charge on any atom is 0.224 e. The maximum atomic E-state index is 12.0. The molecule has 0 aromatic heterocycles. The highest BCUT2D eigenvalue weighted by Gasteiger charge is 2.17. The molecule has 0 bridgehead atoms. The average molecular weight is 263 g/mol. The summed E-state index contributed by atoms with van der Waals surface area (Å²) in [7, 11) is 0. The van der Waals surface area contributed by atoms with Crippen molar-refractivity contribution in [2.75, 3.05) is 16.8 Å². The first-order chi connectivity index (χ1) is 8.66. The van der Waals surface area contributed by atoms with E-state index in [-0.39, 0.29) is 5.91 Å². The summed E-state index contributed by atoms with van der Waals surface area (Å²) >= 11 is 1.98. The number of nitrogens with one attached hydrogen (secondary N) is 1. The third kappa shape index (κ3) is 3.52. The van der Waals surface area contributed by atoms with Crippen LogP contribution in [0.4, 0.5) is 5.69 Å². The van der Waals surface area contributed by atoms with Crippen molar-refractivity contribution in [3.63, 3.8) is 0 Å². The first-order valence-corrected chi connectivity index (χ1v) is 7.76. The molecule has 1 aromatic rings. The number of hydrogen-bond donors (Lipinski definition) is 1. The van der Waals surface area contributed by atoms with Gasteiger partial charge in [-0.2, -0.15) is 11.8 Å². The van der Waals surface area contributed by atoms with Gasteiger partial charge in [0.25, 0.3) is 0 Å². The predicted octanol–water partition coefficient (Wildman–Crippen LogP) is 3.78. The minimum absolute atomic E-state index is 0.163. The van der Waals surface area contributed by atoms with Crippen LogP contribution in [0.2, 0.25) is 0 Å². The van der Waals surface area contributed by atoms with Gasteiger partial charge in [0.1, 0.15) is 0 Å². The number of amides is 1. The summed E-state index contributed by atoms with van der Waals surface area (Å²) in [4.78, 5) is 12.0. The topological polar surface area (TPSA) is 29.1 Å². The Hall–Kier alpha value is -0.960. The largest absolute Gasteiger partial charge is 0.326 e. The fourth-order valence-electron chi connectivity index (χ4n) is 2.32. The molecule has 1 atom stereocenters. The zero-order chi connectivity index (χ0) is 13.0. The van der Waals surface area contributed by atoms with E-state index in [0.29, 0.717) is 12.3 Å². The molecule has 0 aliphatic carbocycles. The van der Waals surface area contributed by atoms with Crippen LogP contribution in [-0.4, -0.2) is 17.4 Å². The van der Waals surface area contributed by atoms with Crippen LogP contribution < -0.4 is 5.32 Å². The van der Waals surface area contributed by atoms with Crippen LogP contribution in [0, 0.1) is 19.8 Å². The van der Waals surface area contributed by atoms with Crippen molar-refractivity contribution in [1.82, 2.24) is 0 Å². The third-order valence-electron chi connectivity index (χ3n) is 3.61. The van der Waals surface area contributed by atoms with Crippen LogP contribution in [0.15, 0.2) is 18.2 Å². The van der Waals surface area contributed by atoms with Crippen molar-refractivity contribution in [2.24, 2.45) is 5.92 Å². The van der Waals surface area contributed by atoms with Crippen LogP contribution in [-0.2, 0) is 4.79 Å². The van der Waals surface area contributed by atoms with Gasteiger partial charge in [-0.1, -0.05) is 12.1 Å². The van der Waals surface area contributed by atoms with Gasteiger partial charge in [-0.05, 0) is 61.3 Å². The molecule has 0 spiro atoms. The van der Waals surface area contributed by atoms with E-state index in [0.717, 1.165) is 11.4 Å². The van der Waals surface area contributed by atoms with Gasteiger partial charge in [0.05, 0.1) is 0 Å². The van der Waals surface area contributed by atoms with E-state index in [1.165, 1.54) is 29.7 Å². The molecule has 18 heavy (non-hydrogen) atoms. The van der Waals surface area contributed by atoms with Gasteiger partial charge >= 0.3 is 0 Å². The van der Waals surface area contributed by atoms with Crippen molar-refractivity contribution in [3.8, 4) is 0 Å². The summed E-state index contributed by atoms with van der Waals surface area (Å²) in [5.74, 6) is 3.13.